The molecule has 0 aliphatic carbocycles. The molecular weight excluding hydrogens is 316 g/mol. The second-order valence-corrected chi connectivity index (χ2v) is 8.95. The molecule has 134 valence electrons. The van der Waals surface area contributed by atoms with Gasteiger partial charge in [0, 0.05) is 38.1 Å². The van der Waals surface area contributed by atoms with Gasteiger partial charge in [-0.05, 0) is 19.3 Å². The minimum absolute atomic E-state index is 0.190. The third-order valence-electron chi connectivity index (χ3n) is 4.46. The van der Waals surface area contributed by atoms with Crippen molar-refractivity contribution in [2.75, 3.05) is 45.6 Å². The SMILES string of the molecule is CCCS(=O)(=O)N1CCC(NC(=NC)NCC2(C)COC2)CC1. The quantitative estimate of drug-likeness (QED) is 0.537. The van der Waals surface area contributed by atoms with E-state index in [1.807, 2.05) is 6.92 Å². The fraction of sp³-hybridized carbons (Fsp3) is 0.933. The normalized spacial score (nSPS) is 23.3. The lowest BCUT2D eigenvalue weighted by Crippen LogP contribution is -2.54. The summed E-state index contributed by atoms with van der Waals surface area (Å²) in [6.45, 7) is 7.65. The highest BCUT2D eigenvalue weighted by Gasteiger charge is 2.33. The lowest BCUT2D eigenvalue weighted by molar-refractivity contribution is -0.0971. The average molecular weight is 346 g/mol. The Bertz CT molecular complexity index is 509. The van der Waals surface area contributed by atoms with Gasteiger partial charge in [-0.3, -0.25) is 4.99 Å². The minimum atomic E-state index is -3.07. The van der Waals surface area contributed by atoms with Gasteiger partial charge in [-0.2, -0.15) is 0 Å². The van der Waals surface area contributed by atoms with Gasteiger partial charge in [0.2, 0.25) is 10.0 Å². The number of ether oxygens (including phenoxy) is 1. The Labute approximate surface area is 139 Å². The monoisotopic (exact) mass is 346 g/mol. The fourth-order valence-electron chi connectivity index (χ4n) is 2.90. The van der Waals surface area contributed by atoms with Crippen LogP contribution in [0.5, 0.6) is 0 Å². The molecule has 0 aromatic heterocycles. The lowest BCUT2D eigenvalue weighted by atomic mass is 9.89. The van der Waals surface area contributed by atoms with Crippen molar-refractivity contribution in [3.8, 4) is 0 Å². The van der Waals surface area contributed by atoms with E-state index in [-0.39, 0.29) is 17.2 Å². The molecule has 0 saturated carbocycles. The van der Waals surface area contributed by atoms with Gasteiger partial charge in [0.05, 0.1) is 19.0 Å². The zero-order valence-corrected chi connectivity index (χ0v) is 15.3. The fourth-order valence-corrected chi connectivity index (χ4v) is 4.44. The molecule has 0 unspecified atom stereocenters. The molecule has 0 amide bonds. The van der Waals surface area contributed by atoms with Gasteiger partial charge in [-0.15, -0.1) is 0 Å². The lowest BCUT2D eigenvalue weighted by Gasteiger charge is -2.39. The number of guanidine groups is 1. The highest BCUT2D eigenvalue weighted by Crippen LogP contribution is 2.25. The summed E-state index contributed by atoms with van der Waals surface area (Å²) in [5, 5.41) is 6.75. The Kier molecular flexibility index (Phi) is 6.27. The molecule has 0 aromatic rings. The predicted octanol–water partition coefficient (Wildman–Crippen LogP) is 0.392. The predicted molar refractivity (Wildman–Crippen MR) is 92.1 cm³/mol. The average Bonchev–Trinajstić information content (AvgIpc) is 2.50. The molecule has 0 spiro atoms. The second kappa shape index (κ2) is 7.81. The van der Waals surface area contributed by atoms with Crippen molar-refractivity contribution in [2.45, 2.75) is 39.2 Å². The second-order valence-electron chi connectivity index (χ2n) is 6.86. The maximum atomic E-state index is 12.1. The summed E-state index contributed by atoms with van der Waals surface area (Å²) in [4.78, 5) is 4.26. The van der Waals surface area contributed by atoms with Crippen LogP contribution in [0.1, 0.15) is 33.1 Å². The van der Waals surface area contributed by atoms with Gasteiger partial charge in [0.15, 0.2) is 5.96 Å². The summed E-state index contributed by atoms with van der Waals surface area (Å²) >= 11 is 0. The van der Waals surface area contributed by atoms with E-state index < -0.39 is 10.0 Å². The Balaban J connectivity index is 1.76. The summed E-state index contributed by atoms with van der Waals surface area (Å²) in [6, 6.07) is 0.264. The first-order valence-electron chi connectivity index (χ1n) is 8.41. The molecule has 23 heavy (non-hydrogen) atoms. The number of nitrogens with one attached hydrogen (secondary N) is 2. The van der Waals surface area contributed by atoms with Crippen molar-refractivity contribution in [2.24, 2.45) is 10.4 Å². The number of rotatable bonds is 6. The van der Waals surface area contributed by atoms with Crippen LogP contribution in [0.2, 0.25) is 0 Å². The molecule has 2 N–H and O–H groups in total. The van der Waals surface area contributed by atoms with Crippen LogP contribution >= 0.6 is 0 Å². The topological polar surface area (TPSA) is 83.0 Å². The molecule has 2 aliphatic heterocycles. The van der Waals surface area contributed by atoms with Crippen molar-refractivity contribution in [3.05, 3.63) is 0 Å². The molecule has 2 aliphatic rings. The summed E-state index contributed by atoms with van der Waals surface area (Å²) < 4.78 is 31.0. The Hall–Kier alpha value is -0.860. The van der Waals surface area contributed by atoms with E-state index in [1.54, 1.807) is 11.4 Å². The largest absolute Gasteiger partial charge is 0.380 e. The number of hydrogen-bond donors (Lipinski definition) is 2. The van der Waals surface area contributed by atoms with Crippen LogP contribution in [-0.2, 0) is 14.8 Å². The maximum Gasteiger partial charge on any atom is 0.214 e. The number of nitrogens with zero attached hydrogens (tertiary/aromatic N) is 2. The zero-order valence-electron chi connectivity index (χ0n) is 14.5. The summed E-state index contributed by atoms with van der Waals surface area (Å²) in [7, 11) is -1.31. The van der Waals surface area contributed by atoms with E-state index in [1.165, 1.54) is 0 Å². The van der Waals surface area contributed by atoms with E-state index >= 15 is 0 Å². The van der Waals surface area contributed by atoms with Crippen LogP contribution in [0.15, 0.2) is 4.99 Å². The van der Waals surface area contributed by atoms with E-state index in [2.05, 4.69) is 22.5 Å². The molecule has 2 heterocycles. The van der Waals surface area contributed by atoms with Crippen molar-refractivity contribution in [1.82, 2.24) is 14.9 Å². The van der Waals surface area contributed by atoms with Crippen LogP contribution in [0.4, 0.5) is 0 Å². The highest BCUT2D eigenvalue weighted by molar-refractivity contribution is 7.89. The molecule has 0 radical (unpaired) electrons. The van der Waals surface area contributed by atoms with Crippen molar-refractivity contribution >= 4 is 16.0 Å². The standard InChI is InChI=1S/C15H30N4O3S/c1-4-9-23(20,21)19-7-5-13(6-8-19)18-14(16-3)17-10-15(2)11-22-12-15/h13H,4-12H2,1-3H3,(H2,16,17,18). The van der Waals surface area contributed by atoms with Gasteiger partial charge in [-0.25, -0.2) is 12.7 Å². The number of sulfonamides is 1. The van der Waals surface area contributed by atoms with E-state index in [4.69, 9.17) is 4.74 Å². The van der Waals surface area contributed by atoms with Crippen molar-refractivity contribution in [1.29, 1.82) is 0 Å². The van der Waals surface area contributed by atoms with Gasteiger partial charge >= 0.3 is 0 Å². The third-order valence-corrected chi connectivity index (χ3v) is 6.53. The number of aliphatic imine (C=N–C) groups is 1. The maximum absolute atomic E-state index is 12.1. The molecule has 2 rings (SSSR count). The molecule has 8 heteroatoms. The summed E-state index contributed by atoms with van der Waals surface area (Å²) in [5.74, 6) is 1.03. The number of piperidine rings is 1. The minimum Gasteiger partial charge on any atom is -0.380 e. The van der Waals surface area contributed by atoms with Crippen molar-refractivity contribution < 1.29 is 13.2 Å². The van der Waals surface area contributed by atoms with Crippen LogP contribution in [0.3, 0.4) is 0 Å². The third kappa shape index (κ3) is 5.06. The smallest absolute Gasteiger partial charge is 0.214 e. The van der Waals surface area contributed by atoms with Crippen LogP contribution in [0.25, 0.3) is 0 Å². The Morgan fingerprint density at radius 2 is 2.00 bits per heavy atom. The molecular formula is C15H30N4O3S. The molecule has 7 nitrogen and oxygen atoms in total. The summed E-state index contributed by atoms with van der Waals surface area (Å²) in [5.41, 5.74) is 0.190. The molecule has 0 bridgehead atoms. The number of hydrogen-bond acceptors (Lipinski definition) is 4. The van der Waals surface area contributed by atoms with Gasteiger partial charge in [0.1, 0.15) is 0 Å². The van der Waals surface area contributed by atoms with Gasteiger partial charge in [0.25, 0.3) is 0 Å². The van der Waals surface area contributed by atoms with E-state index in [0.717, 1.165) is 38.6 Å². The highest BCUT2D eigenvalue weighted by atomic mass is 32.2. The first-order valence-corrected chi connectivity index (χ1v) is 10.0. The summed E-state index contributed by atoms with van der Waals surface area (Å²) in [6.07, 6.45) is 2.29. The molecule has 0 atom stereocenters. The van der Waals surface area contributed by atoms with E-state index in [0.29, 0.717) is 19.5 Å². The first-order chi connectivity index (χ1) is 10.9. The van der Waals surface area contributed by atoms with Gasteiger partial charge < -0.3 is 15.4 Å². The van der Waals surface area contributed by atoms with Gasteiger partial charge in [-0.1, -0.05) is 13.8 Å². The molecule has 0 aromatic carbocycles. The van der Waals surface area contributed by atoms with Crippen LogP contribution < -0.4 is 10.6 Å². The van der Waals surface area contributed by atoms with Crippen LogP contribution in [0, 0.1) is 5.41 Å². The van der Waals surface area contributed by atoms with E-state index in [9.17, 15) is 8.42 Å². The zero-order chi connectivity index (χ0) is 16.9. The Morgan fingerprint density at radius 3 is 2.48 bits per heavy atom. The first kappa shape index (κ1) is 18.5. The molecule has 2 saturated heterocycles. The van der Waals surface area contributed by atoms with Crippen LogP contribution in [-0.4, -0.2) is 70.4 Å². The Morgan fingerprint density at radius 1 is 1.35 bits per heavy atom. The molecule has 2 fully saturated rings. The van der Waals surface area contributed by atoms with Crippen molar-refractivity contribution in [3.63, 3.8) is 0 Å².